The van der Waals surface area contributed by atoms with Crippen LogP contribution in [0.25, 0.3) is 0 Å². The fourth-order valence-electron chi connectivity index (χ4n) is 2.47. The van der Waals surface area contributed by atoms with Crippen molar-refractivity contribution in [2.45, 2.75) is 6.92 Å². The maximum absolute atomic E-state index is 12.2. The van der Waals surface area contributed by atoms with Crippen LogP contribution in [0.3, 0.4) is 0 Å². The number of carbonyl (C=O) groups is 1. The Hall–Kier alpha value is -2.67. The molecule has 0 aromatic carbocycles. The van der Waals surface area contributed by atoms with E-state index in [-0.39, 0.29) is 11.5 Å². The standard InChI is InChI=1S/C16H18N4O3/c1-11-8-12(9-15(21)18-11)16(22)19-14-3-2-13(10-17-14)20-4-6-23-7-5-20/h2-3,8-10H,4-7H2,1H3,(H,18,21)(H,17,19,22). The van der Waals surface area contributed by atoms with E-state index in [0.717, 1.165) is 18.8 Å². The number of hydrogen-bond donors (Lipinski definition) is 2. The van der Waals surface area contributed by atoms with Crippen LogP contribution in [0.2, 0.25) is 0 Å². The van der Waals surface area contributed by atoms with Gasteiger partial charge >= 0.3 is 0 Å². The third-order valence-electron chi connectivity index (χ3n) is 3.61. The molecule has 0 aliphatic carbocycles. The van der Waals surface area contributed by atoms with Gasteiger partial charge in [-0.25, -0.2) is 4.98 Å². The van der Waals surface area contributed by atoms with Crippen LogP contribution >= 0.6 is 0 Å². The lowest BCUT2D eigenvalue weighted by molar-refractivity contribution is 0.102. The van der Waals surface area contributed by atoms with Gasteiger partial charge in [0.1, 0.15) is 5.82 Å². The van der Waals surface area contributed by atoms with Crippen molar-refractivity contribution in [1.82, 2.24) is 9.97 Å². The van der Waals surface area contributed by atoms with Crippen molar-refractivity contribution < 1.29 is 9.53 Å². The lowest BCUT2D eigenvalue weighted by Crippen LogP contribution is -2.36. The summed E-state index contributed by atoms with van der Waals surface area (Å²) < 4.78 is 5.32. The molecule has 7 nitrogen and oxygen atoms in total. The van der Waals surface area contributed by atoms with Gasteiger partial charge in [0.25, 0.3) is 5.91 Å². The molecular weight excluding hydrogens is 296 g/mol. The molecule has 3 heterocycles. The lowest BCUT2D eigenvalue weighted by atomic mass is 10.2. The van der Waals surface area contributed by atoms with Gasteiger partial charge in [0.15, 0.2) is 0 Å². The molecule has 0 atom stereocenters. The Morgan fingerprint density at radius 1 is 1.30 bits per heavy atom. The second-order valence-corrected chi connectivity index (χ2v) is 5.37. The number of H-pyrrole nitrogens is 1. The number of anilines is 2. The van der Waals surface area contributed by atoms with E-state index < -0.39 is 0 Å². The van der Waals surface area contributed by atoms with E-state index in [1.54, 1.807) is 25.3 Å². The van der Waals surface area contributed by atoms with Crippen LogP contribution in [0.4, 0.5) is 11.5 Å². The van der Waals surface area contributed by atoms with Crippen LogP contribution < -0.4 is 15.8 Å². The number of carbonyl (C=O) groups excluding carboxylic acids is 1. The normalized spacial score (nSPS) is 14.6. The molecule has 0 saturated carbocycles. The first kappa shape index (κ1) is 15.2. The number of nitrogens with one attached hydrogen (secondary N) is 2. The highest BCUT2D eigenvalue weighted by atomic mass is 16.5. The van der Waals surface area contributed by atoms with E-state index in [1.807, 2.05) is 6.07 Å². The summed E-state index contributed by atoms with van der Waals surface area (Å²) in [5, 5.41) is 2.70. The largest absolute Gasteiger partial charge is 0.378 e. The molecule has 23 heavy (non-hydrogen) atoms. The number of rotatable bonds is 3. The summed E-state index contributed by atoms with van der Waals surface area (Å²) >= 11 is 0. The maximum atomic E-state index is 12.2. The number of aromatic amines is 1. The first-order valence-corrected chi connectivity index (χ1v) is 7.43. The maximum Gasteiger partial charge on any atom is 0.257 e. The van der Waals surface area contributed by atoms with Crippen molar-refractivity contribution in [1.29, 1.82) is 0 Å². The fourth-order valence-corrected chi connectivity index (χ4v) is 2.47. The molecule has 1 amide bonds. The van der Waals surface area contributed by atoms with E-state index in [0.29, 0.717) is 30.3 Å². The van der Waals surface area contributed by atoms with E-state index in [9.17, 15) is 9.59 Å². The Balaban J connectivity index is 1.70. The number of ether oxygens (including phenoxy) is 1. The molecule has 0 unspecified atom stereocenters. The number of amides is 1. The number of morpholine rings is 1. The Morgan fingerprint density at radius 3 is 2.74 bits per heavy atom. The smallest absolute Gasteiger partial charge is 0.257 e. The van der Waals surface area contributed by atoms with Crippen molar-refractivity contribution >= 4 is 17.4 Å². The van der Waals surface area contributed by atoms with E-state index in [1.165, 1.54) is 6.07 Å². The molecule has 1 fully saturated rings. The van der Waals surface area contributed by atoms with Crippen LogP contribution in [-0.4, -0.2) is 42.2 Å². The summed E-state index contributed by atoms with van der Waals surface area (Å²) in [5.74, 6) is 0.0933. The van der Waals surface area contributed by atoms with Crippen molar-refractivity contribution in [3.05, 3.63) is 52.1 Å². The molecule has 0 spiro atoms. The highest BCUT2D eigenvalue weighted by molar-refractivity contribution is 6.03. The predicted molar refractivity (Wildman–Crippen MR) is 87.0 cm³/mol. The van der Waals surface area contributed by atoms with E-state index in [2.05, 4.69) is 20.2 Å². The van der Waals surface area contributed by atoms with Crippen LogP contribution in [0.5, 0.6) is 0 Å². The third kappa shape index (κ3) is 3.75. The van der Waals surface area contributed by atoms with Gasteiger partial charge in [-0.3, -0.25) is 9.59 Å². The number of pyridine rings is 2. The minimum atomic E-state index is -0.356. The zero-order valence-electron chi connectivity index (χ0n) is 12.8. The molecular formula is C16H18N4O3. The molecule has 0 radical (unpaired) electrons. The molecule has 1 aliphatic rings. The van der Waals surface area contributed by atoms with E-state index >= 15 is 0 Å². The highest BCUT2D eigenvalue weighted by Crippen LogP contribution is 2.16. The minimum absolute atomic E-state index is 0.300. The molecule has 3 rings (SSSR count). The average Bonchev–Trinajstić information content (AvgIpc) is 2.55. The predicted octanol–water partition coefficient (Wildman–Crippen LogP) is 1.17. The summed E-state index contributed by atoms with van der Waals surface area (Å²) in [6.07, 6.45) is 1.73. The molecule has 120 valence electrons. The second kappa shape index (κ2) is 6.62. The summed E-state index contributed by atoms with van der Waals surface area (Å²) in [5.41, 5.74) is 1.65. The first-order valence-electron chi connectivity index (χ1n) is 7.43. The zero-order valence-corrected chi connectivity index (χ0v) is 12.8. The van der Waals surface area contributed by atoms with Crippen molar-refractivity contribution in [2.75, 3.05) is 36.5 Å². The molecule has 1 aliphatic heterocycles. The van der Waals surface area contributed by atoms with Crippen molar-refractivity contribution in [3.8, 4) is 0 Å². The SMILES string of the molecule is Cc1cc(C(=O)Nc2ccc(N3CCOCC3)cn2)cc(=O)[nH]1. The topological polar surface area (TPSA) is 87.3 Å². The van der Waals surface area contributed by atoms with Gasteiger partial charge in [0.05, 0.1) is 25.1 Å². The van der Waals surface area contributed by atoms with Crippen LogP contribution in [0.1, 0.15) is 16.1 Å². The van der Waals surface area contributed by atoms with Gasteiger partial charge in [0, 0.05) is 30.4 Å². The number of aryl methyl sites for hydroxylation is 1. The second-order valence-electron chi connectivity index (χ2n) is 5.37. The molecule has 2 N–H and O–H groups in total. The molecule has 1 saturated heterocycles. The Bertz CT molecular complexity index is 749. The van der Waals surface area contributed by atoms with Gasteiger partial charge in [0.2, 0.25) is 5.56 Å². The Labute approximate surface area is 133 Å². The quantitative estimate of drug-likeness (QED) is 0.888. The van der Waals surface area contributed by atoms with E-state index in [4.69, 9.17) is 4.74 Å². The Kier molecular flexibility index (Phi) is 4.38. The van der Waals surface area contributed by atoms with Gasteiger partial charge < -0.3 is 19.9 Å². The summed E-state index contributed by atoms with van der Waals surface area (Å²) in [6.45, 7) is 4.81. The fraction of sp³-hybridized carbons (Fsp3) is 0.312. The molecule has 2 aromatic rings. The monoisotopic (exact) mass is 314 g/mol. The van der Waals surface area contributed by atoms with Crippen LogP contribution in [0, 0.1) is 6.92 Å². The molecule has 7 heteroatoms. The summed E-state index contributed by atoms with van der Waals surface area (Å²) in [4.78, 5) is 32.6. The minimum Gasteiger partial charge on any atom is -0.378 e. The van der Waals surface area contributed by atoms with Crippen LogP contribution in [0.15, 0.2) is 35.3 Å². The Morgan fingerprint density at radius 2 is 2.09 bits per heavy atom. The van der Waals surface area contributed by atoms with Gasteiger partial charge in [-0.1, -0.05) is 0 Å². The molecule has 0 bridgehead atoms. The number of aromatic nitrogens is 2. The summed E-state index contributed by atoms with van der Waals surface area (Å²) in [6, 6.07) is 6.56. The number of hydrogen-bond acceptors (Lipinski definition) is 5. The first-order chi connectivity index (χ1) is 11.1. The zero-order chi connectivity index (χ0) is 16.2. The third-order valence-corrected chi connectivity index (χ3v) is 3.61. The van der Waals surface area contributed by atoms with Crippen molar-refractivity contribution in [2.24, 2.45) is 0 Å². The van der Waals surface area contributed by atoms with Gasteiger partial charge in [-0.2, -0.15) is 0 Å². The highest BCUT2D eigenvalue weighted by Gasteiger charge is 2.12. The number of nitrogens with zero attached hydrogens (tertiary/aromatic N) is 2. The molecule has 2 aromatic heterocycles. The lowest BCUT2D eigenvalue weighted by Gasteiger charge is -2.28. The van der Waals surface area contributed by atoms with Crippen molar-refractivity contribution in [3.63, 3.8) is 0 Å². The average molecular weight is 314 g/mol. The van der Waals surface area contributed by atoms with Gasteiger partial charge in [-0.15, -0.1) is 0 Å². The van der Waals surface area contributed by atoms with Crippen LogP contribution in [-0.2, 0) is 4.74 Å². The van der Waals surface area contributed by atoms with Gasteiger partial charge in [-0.05, 0) is 25.1 Å². The summed E-state index contributed by atoms with van der Waals surface area (Å²) in [7, 11) is 0.